The molecule has 0 aliphatic heterocycles. The lowest BCUT2D eigenvalue weighted by atomic mass is 10.1. The van der Waals surface area contributed by atoms with Crippen molar-refractivity contribution < 1.29 is 4.74 Å². The summed E-state index contributed by atoms with van der Waals surface area (Å²) in [5, 5.41) is 3.56. The molecule has 1 aliphatic rings. The number of aliphatic imine (C=N–C) groups is 1. The molecule has 24 heavy (non-hydrogen) atoms. The zero-order valence-corrected chi connectivity index (χ0v) is 16.5. The highest BCUT2D eigenvalue weighted by atomic mass is 127. The van der Waals surface area contributed by atoms with Gasteiger partial charge in [-0.15, -0.1) is 24.0 Å². The van der Waals surface area contributed by atoms with Crippen molar-refractivity contribution in [1.82, 2.24) is 0 Å². The molecule has 1 fully saturated rings. The van der Waals surface area contributed by atoms with Gasteiger partial charge >= 0.3 is 0 Å². The molecule has 2 aromatic carbocycles. The molecular formula is C18H21ClIN3O. The molecule has 3 N–H and O–H groups in total. The Balaban J connectivity index is 0.00000208. The molecular weight excluding hydrogens is 437 g/mol. The quantitative estimate of drug-likeness (QED) is 0.386. The van der Waals surface area contributed by atoms with Crippen molar-refractivity contribution >= 4 is 47.2 Å². The molecule has 0 aromatic heterocycles. The number of benzene rings is 2. The molecule has 0 spiro atoms. The van der Waals surface area contributed by atoms with Crippen LogP contribution < -0.4 is 15.8 Å². The number of rotatable bonds is 5. The number of nitrogens with zero attached hydrogens (tertiary/aromatic N) is 1. The van der Waals surface area contributed by atoms with Gasteiger partial charge < -0.3 is 15.8 Å². The second kappa shape index (κ2) is 8.58. The average molecular weight is 458 g/mol. The van der Waals surface area contributed by atoms with Crippen LogP contribution in [0.3, 0.4) is 0 Å². The molecule has 0 atom stereocenters. The molecule has 1 saturated carbocycles. The first-order chi connectivity index (χ1) is 11.2. The highest BCUT2D eigenvalue weighted by Gasteiger charge is 2.22. The molecule has 128 valence electrons. The summed E-state index contributed by atoms with van der Waals surface area (Å²) in [7, 11) is 1.58. The third-order valence-corrected chi connectivity index (χ3v) is 4.18. The molecule has 2 aromatic rings. The van der Waals surface area contributed by atoms with Gasteiger partial charge in [-0.2, -0.15) is 0 Å². The van der Waals surface area contributed by atoms with E-state index < -0.39 is 0 Å². The van der Waals surface area contributed by atoms with Crippen LogP contribution in [0.5, 0.6) is 5.75 Å². The Labute approximate surface area is 164 Å². The largest absolute Gasteiger partial charge is 0.495 e. The summed E-state index contributed by atoms with van der Waals surface area (Å²) in [6.45, 7) is 0.549. The van der Waals surface area contributed by atoms with E-state index in [2.05, 4.69) is 34.6 Å². The fourth-order valence-electron chi connectivity index (χ4n) is 2.42. The number of hydrogen-bond donors (Lipinski definition) is 2. The lowest BCUT2D eigenvalue weighted by Gasteiger charge is -2.08. The predicted octanol–water partition coefficient (Wildman–Crippen LogP) is 4.77. The monoisotopic (exact) mass is 457 g/mol. The molecule has 1 aliphatic carbocycles. The predicted molar refractivity (Wildman–Crippen MR) is 111 cm³/mol. The third-order valence-electron chi connectivity index (χ3n) is 3.88. The molecule has 3 rings (SSSR count). The van der Waals surface area contributed by atoms with E-state index in [4.69, 9.17) is 22.1 Å². The van der Waals surface area contributed by atoms with E-state index in [1.54, 1.807) is 19.2 Å². The van der Waals surface area contributed by atoms with Gasteiger partial charge in [0.15, 0.2) is 5.96 Å². The standard InChI is InChI=1S/C18H20ClN3O.HI/c1-23-17-9-8-15(10-16(17)19)22-18(20)21-11-12-2-4-13(5-3-12)14-6-7-14;/h2-5,8-10,14H,6-7,11H2,1H3,(H3,20,21,22);1H. The van der Waals surface area contributed by atoms with Crippen LogP contribution in [-0.4, -0.2) is 13.1 Å². The van der Waals surface area contributed by atoms with Crippen molar-refractivity contribution in [3.05, 3.63) is 58.6 Å². The lowest BCUT2D eigenvalue weighted by molar-refractivity contribution is 0.415. The van der Waals surface area contributed by atoms with Crippen LogP contribution in [0, 0.1) is 0 Å². The summed E-state index contributed by atoms with van der Waals surface area (Å²) in [5.74, 6) is 1.76. The van der Waals surface area contributed by atoms with E-state index in [0.29, 0.717) is 23.3 Å². The lowest BCUT2D eigenvalue weighted by Crippen LogP contribution is -2.22. The van der Waals surface area contributed by atoms with E-state index in [1.165, 1.54) is 18.4 Å². The second-order valence-corrected chi connectivity index (χ2v) is 6.10. The summed E-state index contributed by atoms with van der Waals surface area (Å²) in [5.41, 5.74) is 9.28. The van der Waals surface area contributed by atoms with Gasteiger partial charge in [-0.25, -0.2) is 4.99 Å². The van der Waals surface area contributed by atoms with Gasteiger partial charge in [0.1, 0.15) is 5.75 Å². The average Bonchev–Trinajstić information content (AvgIpc) is 3.39. The summed E-state index contributed by atoms with van der Waals surface area (Å²) >= 11 is 6.09. The molecule has 0 saturated heterocycles. The van der Waals surface area contributed by atoms with Gasteiger partial charge in [0, 0.05) is 5.69 Å². The van der Waals surface area contributed by atoms with Crippen LogP contribution in [0.25, 0.3) is 0 Å². The van der Waals surface area contributed by atoms with Crippen molar-refractivity contribution in [3.63, 3.8) is 0 Å². The highest BCUT2D eigenvalue weighted by molar-refractivity contribution is 14.0. The molecule has 0 bridgehead atoms. The Morgan fingerprint density at radius 1 is 1.25 bits per heavy atom. The second-order valence-electron chi connectivity index (χ2n) is 5.69. The van der Waals surface area contributed by atoms with Gasteiger partial charge in [0.05, 0.1) is 18.7 Å². The minimum Gasteiger partial charge on any atom is -0.495 e. The first kappa shape index (κ1) is 18.9. The number of guanidine groups is 1. The summed E-state index contributed by atoms with van der Waals surface area (Å²) in [4.78, 5) is 4.36. The van der Waals surface area contributed by atoms with Gasteiger partial charge in [-0.1, -0.05) is 35.9 Å². The minimum atomic E-state index is 0. The normalized spacial score (nSPS) is 14.0. The molecule has 4 nitrogen and oxygen atoms in total. The maximum absolute atomic E-state index is 6.09. The number of anilines is 1. The van der Waals surface area contributed by atoms with Crippen molar-refractivity contribution in [2.24, 2.45) is 10.7 Å². The topological polar surface area (TPSA) is 59.6 Å². The number of nitrogens with one attached hydrogen (secondary N) is 1. The fourth-order valence-corrected chi connectivity index (χ4v) is 2.68. The van der Waals surface area contributed by atoms with Gasteiger partial charge in [0.2, 0.25) is 0 Å². The Hall–Kier alpha value is -1.47. The summed E-state index contributed by atoms with van der Waals surface area (Å²) < 4.78 is 5.12. The Kier molecular flexibility index (Phi) is 6.74. The zero-order chi connectivity index (χ0) is 16.2. The Morgan fingerprint density at radius 2 is 1.96 bits per heavy atom. The smallest absolute Gasteiger partial charge is 0.193 e. The fraction of sp³-hybridized carbons (Fsp3) is 0.278. The third kappa shape index (κ3) is 5.01. The zero-order valence-electron chi connectivity index (χ0n) is 13.5. The van der Waals surface area contributed by atoms with Crippen LogP contribution in [-0.2, 0) is 6.54 Å². The van der Waals surface area contributed by atoms with Gasteiger partial charge in [0.25, 0.3) is 0 Å². The number of ether oxygens (including phenoxy) is 1. The number of halogens is 2. The van der Waals surface area contributed by atoms with Crippen molar-refractivity contribution in [2.75, 3.05) is 12.4 Å². The first-order valence-electron chi connectivity index (χ1n) is 7.65. The highest BCUT2D eigenvalue weighted by Crippen LogP contribution is 2.39. The maximum Gasteiger partial charge on any atom is 0.193 e. The maximum atomic E-state index is 6.09. The summed E-state index contributed by atoms with van der Waals surface area (Å²) in [6.07, 6.45) is 2.64. The van der Waals surface area contributed by atoms with Gasteiger partial charge in [-0.05, 0) is 48.1 Å². The van der Waals surface area contributed by atoms with Crippen LogP contribution >= 0.6 is 35.6 Å². The van der Waals surface area contributed by atoms with E-state index in [9.17, 15) is 0 Å². The summed E-state index contributed by atoms with van der Waals surface area (Å²) in [6, 6.07) is 14.0. The molecule has 0 amide bonds. The van der Waals surface area contributed by atoms with E-state index >= 15 is 0 Å². The Morgan fingerprint density at radius 3 is 2.54 bits per heavy atom. The number of hydrogen-bond acceptors (Lipinski definition) is 2. The van der Waals surface area contributed by atoms with Crippen molar-refractivity contribution in [1.29, 1.82) is 0 Å². The molecule has 0 radical (unpaired) electrons. The van der Waals surface area contributed by atoms with Gasteiger partial charge in [-0.3, -0.25) is 0 Å². The molecule has 0 unspecified atom stereocenters. The van der Waals surface area contributed by atoms with Crippen LogP contribution in [0.2, 0.25) is 5.02 Å². The van der Waals surface area contributed by atoms with E-state index in [-0.39, 0.29) is 24.0 Å². The number of methoxy groups -OCH3 is 1. The Bertz CT molecular complexity index is 715. The van der Waals surface area contributed by atoms with Crippen LogP contribution in [0.4, 0.5) is 5.69 Å². The van der Waals surface area contributed by atoms with Crippen molar-refractivity contribution in [2.45, 2.75) is 25.3 Å². The molecule has 0 heterocycles. The first-order valence-corrected chi connectivity index (χ1v) is 8.03. The minimum absolute atomic E-state index is 0. The van der Waals surface area contributed by atoms with E-state index in [0.717, 1.165) is 17.2 Å². The number of nitrogens with two attached hydrogens (primary N) is 1. The SMILES string of the molecule is COc1ccc(NC(N)=NCc2ccc(C3CC3)cc2)cc1Cl.I. The van der Waals surface area contributed by atoms with Crippen LogP contribution in [0.1, 0.15) is 29.9 Å². The van der Waals surface area contributed by atoms with E-state index in [1.807, 2.05) is 6.07 Å². The van der Waals surface area contributed by atoms with Crippen LogP contribution in [0.15, 0.2) is 47.5 Å². The molecule has 6 heteroatoms. The van der Waals surface area contributed by atoms with Crippen molar-refractivity contribution in [3.8, 4) is 5.75 Å².